The zero-order chi connectivity index (χ0) is 18.8. The number of nitrogens with zero attached hydrogens (tertiary/aromatic N) is 2. The van der Waals surface area contributed by atoms with E-state index in [0.29, 0.717) is 17.0 Å². The van der Waals surface area contributed by atoms with Crippen LogP contribution in [0.2, 0.25) is 0 Å². The molecule has 1 aromatic carbocycles. The minimum absolute atomic E-state index is 0.0798. The molecule has 6 heteroatoms. The summed E-state index contributed by atoms with van der Waals surface area (Å²) in [6.07, 6.45) is 1.75. The van der Waals surface area contributed by atoms with Gasteiger partial charge in [-0.25, -0.2) is 4.68 Å². The number of rotatable bonds is 5. The number of hydrogen-bond acceptors (Lipinski definition) is 4. The lowest BCUT2D eigenvalue weighted by Gasteiger charge is -2.11. The molecule has 0 aliphatic heterocycles. The predicted octanol–water partition coefficient (Wildman–Crippen LogP) is 4.99. The van der Waals surface area contributed by atoms with Crippen molar-refractivity contribution >= 4 is 17.2 Å². The molecule has 0 spiro atoms. The van der Waals surface area contributed by atoms with E-state index in [1.807, 2.05) is 73.8 Å². The summed E-state index contributed by atoms with van der Waals surface area (Å²) in [5, 5.41) is 9.68. The molecule has 4 rings (SSSR count). The van der Waals surface area contributed by atoms with Crippen molar-refractivity contribution < 1.29 is 9.21 Å². The van der Waals surface area contributed by atoms with Crippen LogP contribution in [-0.2, 0) is 0 Å². The van der Waals surface area contributed by atoms with Gasteiger partial charge >= 0.3 is 0 Å². The summed E-state index contributed by atoms with van der Waals surface area (Å²) in [4.78, 5) is 14.1. The Hall–Kier alpha value is -3.12. The fourth-order valence-corrected chi connectivity index (χ4v) is 3.61. The standard InChI is InChI=1S/C21H19N3O2S/c1-14-10-11-18(26-14)20-17(13-24(23-20)16-7-4-3-5-8-16)21(25)22-15(2)19-9-6-12-27-19/h3-13,15H,1-2H3,(H,22,25)/t15-/m1/s1. The van der Waals surface area contributed by atoms with E-state index in [2.05, 4.69) is 10.4 Å². The number of nitrogens with one attached hydrogen (secondary N) is 1. The van der Waals surface area contributed by atoms with Crippen LogP contribution in [0.1, 0.15) is 34.0 Å². The van der Waals surface area contributed by atoms with Gasteiger partial charge < -0.3 is 9.73 Å². The number of thiophene rings is 1. The zero-order valence-corrected chi connectivity index (χ0v) is 15.9. The fourth-order valence-electron chi connectivity index (χ4n) is 2.88. The molecular weight excluding hydrogens is 358 g/mol. The Morgan fingerprint density at radius 2 is 1.96 bits per heavy atom. The average Bonchev–Trinajstić information content (AvgIpc) is 3.42. The van der Waals surface area contributed by atoms with E-state index in [1.165, 1.54) is 0 Å². The van der Waals surface area contributed by atoms with Gasteiger partial charge in [-0.2, -0.15) is 5.10 Å². The molecule has 0 radical (unpaired) electrons. The van der Waals surface area contributed by atoms with Gasteiger partial charge in [-0.05, 0) is 49.6 Å². The summed E-state index contributed by atoms with van der Waals surface area (Å²) in [6, 6.07) is 17.3. The molecule has 0 aliphatic carbocycles. The van der Waals surface area contributed by atoms with Gasteiger partial charge in [0, 0.05) is 11.1 Å². The average molecular weight is 377 g/mol. The third-order valence-corrected chi connectivity index (χ3v) is 5.33. The minimum Gasteiger partial charge on any atom is -0.460 e. The second-order valence-electron chi connectivity index (χ2n) is 6.29. The monoisotopic (exact) mass is 377 g/mol. The van der Waals surface area contributed by atoms with Crippen molar-refractivity contribution in [3.05, 3.63) is 82.4 Å². The molecule has 0 aliphatic rings. The minimum atomic E-state index is -0.179. The first-order chi connectivity index (χ1) is 13.1. The highest BCUT2D eigenvalue weighted by molar-refractivity contribution is 7.10. The van der Waals surface area contributed by atoms with E-state index >= 15 is 0 Å². The highest BCUT2D eigenvalue weighted by Crippen LogP contribution is 2.27. The molecule has 4 aromatic rings. The van der Waals surface area contributed by atoms with Crippen LogP contribution in [0.4, 0.5) is 0 Å². The van der Waals surface area contributed by atoms with E-state index in [9.17, 15) is 4.79 Å². The maximum absolute atomic E-state index is 13.0. The summed E-state index contributed by atoms with van der Waals surface area (Å²) >= 11 is 1.62. The van der Waals surface area contributed by atoms with Crippen LogP contribution in [0.5, 0.6) is 0 Å². The molecule has 5 nitrogen and oxygen atoms in total. The van der Waals surface area contributed by atoms with Crippen molar-refractivity contribution in [1.82, 2.24) is 15.1 Å². The Morgan fingerprint density at radius 1 is 1.15 bits per heavy atom. The Kier molecular flexibility index (Phi) is 4.64. The first kappa shape index (κ1) is 17.3. The summed E-state index contributed by atoms with van der Waals surface area (Å²) in [5.41, 5.74) is 1.90. The van der Waals surface area contributed by atoms with Crippen LogP contribution in [0, 0.1) is 6.92 Å². The molecule has 0 saturated heterocycles. The SMILES string of the molecule is Cc1ccc(-c2nn(-c3ccccc3)cc2C(=O)N[C@H](C)c2cccs2)o1. The van der Waals surface area contributed by atoms with E-state index in [1.54, 1.807) is 22.2 Å². The predicted molar refractivity (Wildman–Crippen MR) is 106 cm³/mol. The second kappa shape index (κ2) is 7.25. The van der Waals surface area contributed by atoms with Gasteiger partial charge in [-0.1, -0.05) is 24.3 Å². The maximum atomic E-state index is 13.0. The summed E-state index contributed by atoms with van der Waals surface area (Å²) < 4.78 is 7.44. The van der Waals surface area contributed by atoms with Gasteiger partial charge in [0.05, 0.1) is 17.3 Å². The quantitative estimate of drug-likeness (QED) is 0.533. The highest BCUT2D eigenvalue weighted by atomic mass is 32.1. The largest absolute Gasteiger partial charge is 0.460 e. The lowest BCUT2D eigenvalue weighted by Crippen LogP contribution is -2.26. The molecular formula is C21H19N3O2S. The summed E-state index contributed by atoms with van der Waals surface area (Å²) in [6.45, 7) is 3.85. The lowest BCUT2D eigenvalue weighted by atomic mass is 10.1. The molecule has 1 N–H and O–H groups in total. The van der Waals surface area contributed by atoms with Crippen molar-refractivity contribution in [2.45, 2.75) is 19.9 Å². The molecule has 27 heavy (non-hydrogen) atoms. The number of hydrogen-bond donors (Lipinski definition) is 1. The highest BCUT2D eigenvalue weighted by Gasteiger charge is 2.22. The molecule has 1 atom stereocenters. The molecule has 0 unspecified atom stereocenters. The van der Waals surface area contributed by atoms with Crippen LogP contribution in [-0.4, -0.2) is 15.7 Å². The van der Waals surface area contributed by atoms with Crippen LogP contribution in [0.15, 0.2) is 70.6 Å². The van der Waals surface area contributed by atoms with Gasteiger partial charge in [-0.15, -0.1) is 11.3 Å². The Balaban J connectivity index is 1.71. The smallest absolute Gasteiger partial charge is 0.255 e. The van der Waals surface area contributed by atoms with Gasteiger partial charge in [0.25, 0.3) is 5.91 Å². The third-order valence-electron chi connectivity index (χ3n) is 4.27. The number of furan rings is 1. The van der Waals surface area contributed by atoms with Gasteiger partial charge in [0.1, 0.15) is 11.5 Å². The Morgan fingerprint density at radius 3 is 2.63 bits per heavy atom. The molecule has 0 saturated carbocycles. The number of amides is 1. The maximum Gasteiger partial charge on any atom is 0.255 e. The summed E-state index contributed by atoms with van der Waals surface area (Å²) in [5.74, 6) is 1.18. The van der Waals surface area contributed by atoms with E-state index in [4.69, 9.17) is 4.42 Å². The number of carbonyl (C=O) groups excluding carboxylic acids is 1. The van der Waals surface area contributed by atoms with Crippen LogP contribution in [0.25, 0.3) is 17.1 Å². The summed E-state index contributed by atoms with van der Waals surface area (Å²) in [7, 11) is 0. The van der Waals surface area contributed by atoms with E-state index < -0.39 is 0 Å². The molecule has 1 amide bonds. The van der Waals surface area contributed by atoms with Crippen molar-refractivity contribution in [2.75, 3.05) is 0 Å². The van der Waals surface area contributed by atoms with Gasteiger partial charge in [0.2, 0.25) is 0 Å². The van der Waals surface area contributed by atoms with Crippen molar-refractivity contribution in [2.24, 2.45) is 0 Å². The Bertz CT molecular complexity index is 1050. The molecule has 3 aromatic heterocycles. The topological polar surface area (TPSA) is 60.1 Å². The first-order valence-corrected chi connectivity index (χ1v) is 9.56. The molecule has 0 bridgehead atoms. The van der Waals surface area contributed by atoms with Crippen molar-refractivity contribution in [3.8, 4) is 17.1 Å². The molecule has 3 heterocycles. The fraction of sp³-hybridized carbons (Fsp3) is 0.143. The van der Waals surface area contributed by atoms with Crippen molar-refractivity contribution in [3.63, 3.8) is 0 Å². The normalized spacial score (nSPS) is 12.1. The number of aryl methyl sites for hydroxylation is 1. The number of aromatic nitrogens is 2. The van der Waals surface area contributed by atoms with Crippen LogP contribution < -0.4 is 5.32 Å². The van der Waals surface area contributed by atoms with Crippen LogP contribution in [0.3, 0.4) is 0 Å². The number of benzene rings is 1. The second-order valence-corrected chi connectivity index (χ2v) is 7.27. The number of carbonyl (C=O) groups is 1. The van der Waals surface area contributed by atoms with Gasteiger partial charge in [0.15, 0.2) is 5.76 Å². The molecule has 136 valence electrons. The zero-order valence-electron chi connectivity index (χ0n) is 15.0. The molecule has 0 fully saturated rings. The first-order valence-electron chi connectivity index (χ1n) is 8.68. The lowest BCUT2D eigenvalue weighted by molar-refractivity contribution is 0.0941. The van der Waals surface area contributed by atoms with Crippen molar-refractivity contribution in [1.29, 1.82) is 0 Å². The third kappa shape index (κ3) is 3.57. The van der Waals surface area contributed by atoms with E-state index in [0.717, 1.165) is 16.3 Å². The van der Waals surface area contributed by atoms with Crippen LogP contribution >= 0.6 is 11.3 Å². The number of para-hydroxylation sites is 1. The van der Waals surface area contributed by atoms with Gasteiger partial charge in [-0.3, -0.25) is 4.79 Å². The van der Waals surface area contributed by atoms with E-state index in [-0.39, 0.29) is 11.9 Å². The Labute approximate surface area is 161 Å².